The summed E-state index contributed by atoms with van der Waals surface area (Å²) in [5, 5.41) is 1.82. The smallest absolute Gasteiger partial charge is 0.0891 e. The Kier molecular flexibility index (Phi) is 4.72. The van der Waals surface area contributed by atoms with Crippen LogP contribution in [0.15, 0.2) is 30.3 Å². The van der Waals surface area contributed by atoms with Crippen molar-refractivity contribution in [1.82, 2.24) is 20.7 Å². The summed E-state index contributed by atoms with van der Waals surface area (Å²) >= 11 is 6.29. The van der Waals surface area contributed by atoms with Crippen molar-refractivity contribution in [2.45, 2.75) is 44.3 Å². The highest BCUT2D eigenvalue weighted by molar-refractivity contribution is 6.35. The molecule has 0 radical (unpaired) electrons. The highest BCUT2D eigenvalue weighted by atomic mass is 35.5. The molecule has 2 aromatic rings. The van der Waals surface area contributed by atoms with Crippen LogP contribution in [-0.2, 0) is 6.54 Å². The second-order valence-electron chi connectivity index (χ2n) is 7.26. The van der Waals surface area contributed by atoms with E-state index in [2.05, 4.69) is 41.0 Å². The topological polar surface area (TPSA) is 40.2 Å². The Labute approximate surface area is 148 Å². The van der Waals surface area contributed by atoms with Crippen molar-refractivity contribution in [2.24, 2.45) is 5.92 Å². The predicted octanol–water partition coefficient (Wildman–Crippen LogP) is 3.36. The van der Waals surface area contributed by atoms with Crippen LogP contribution in [0.5, 0.6) is 0 Å². The van der Waals surface area contributed by atoms with Crippen LogP contribution in [0.3, 0.4) is 0 Å². The van der Waals surface area contributed by atoms with Crippen LogP contribution in [0.4, 0.5) is 0 Å². The average molecular weight is 345 g/mol. The first-order chi connectivity index (χ1) is 11.7. The van der Waals surface area contributed by atoms with Crippen LogP contribution < -0.4 is 10.9 Å². The number of nitrogens with one attached hydrogen (secondary N) is 2. The highest BCUT2D eigenvalue weighted by Gasteiger charge is 2.37. The number of benzene rings is 1. The van der Waals surface area contributed by atoms with Crippen molar-refractivity contribution in [3.8, 4) is 0 Å². The van der Waals surface area contributed by atoms with Gasteiger partial charge >= 0.3 is 0 Å². The molecule has 4 rings (SSSR count). The van der Waals surface area contributed by atoms with Crippen LogP contribution >= 0.6 is 11.6 Å². The Morgan fingerprint density at radius 2 is 2.04 bits per heavy atom. The van der Waals surface area contributed by atoms with E-state index in [1.54, 1.807) is 0 Å². The van der Waals surface area contributed by atoms with Gasteiger partial charge in [0.1, 0.15) is 0 Å². The molecule has 4 nitrogen and oxygen atoms in total. The molecule has 5 heteroatoms. The van der Waals surface area contributed by atoms with E-state index in [0.717, 1.165) is 40.6 Å². The predicted molar refractivity (Wildman–Crippen MR) is 98.9 cm³/mol. The summed E-state index contributed by atoms with van der Waals surface area (Å²) in [6.07, 6.45) is 5.38. The maximum absolute atomic E-state index is 6.29. The van der Waals surface area contributed by atoms with Gasteiger partial charge in [0, 0.05) is 30.6 Å². The Morgan fingerprint density at radius 1 is 1.17 bits per heavy atom. The molecule has 2 N–H and O–H groups in total. The third kappa shape index (κ3) is 3.29. The largest absolute Gasteiger partial charge is 0.299 e. The molecule has 0 spiro atoms. The maximum atomic E-state index is 6.29. The van der Waals surface area contributed by atoms with Gasteiger partial charge in [-0.1, -0.05) is 42.6 Å². The monoisotopic (exact) mass is 344 g/mol. The number of hydrazine groups is 1. The molecular weight excluding hydrogens is 320 g/mol. The quantitative estimate of drug-likeness (QED) is 0.892. The summed E-state index contributed by atoms with van der Waals surface area (Å²) in [5.41, 5.74) is 8.99. The zero-order valence-corrected chi connectivity index (χ0v) is 14.9. The third-order valence-corrected chi connectivity index (χ3v) is 5.76. The molecule has 1 aliphatic carbocycles. The molecule has 1 saturated carbocycles. The Bertz CT molecular complexity index is 720. The minimum absolute atomic E-state index is 0.532. The molecule has 128 valence electrons. The van der Waals surface area contributed by atoms with E-state index in [4.69, 9.17) is 16.6 Å². The molecule has 0 amide bonds. The van der Waals surface area contributed by atoms with Crippen molar-refractivity contribution in [2.75, 3.05) is 13.6 Å². The Balaban J connectivity index is 1.42. The summed E-state index contributed by atoms with van der Waals surface area (Å²) in [6.45, 7) is 1.88. The van der Waals surface area contributed by atoms with Crippen molar-refractivity contribution in [1.29, 1.82) is 0 Å². The van der Waals surface area contributed by atoms with E-state index in [-0.39, 0.29) is 0 Å². The number of nitrogens with zero attached hydrogens (tertiary/aromatic N) is 2. The van der Waals surface area contributed by atoms with Crippen LogP contribution in [0.1, 0.15) is 31.4 Å². The molecule has 1 aliphatic heterocycles. The lowest BCUT2D eigenvalue weighted by Gasteiger charge is -2.29. The highest BCUT2D eigenvalue weighted by Crippen LogP contribution is 2.30. The third-order valence-electron chi connectivity index (χ3n) is 5.46. The molecule has 1 aromatic carbocycles. The summed E-state index contributed by atoms with van der Waals surface area (Å²) < 4.78 is 0. The molecule has 1 saturated heterocycles. The number of hydrogen-bond donors (Lipinski definition) is 2. The first kappa shape index (κ1) is 16.3. The number of para-hydroxylation sites is 1. The van der Waals surface area contributed by atoms with Gasteiger partial charge in [-0.25, -0.2) is 4.98 Å². The second kappa shape index (κ2) is 6.96. The molecule has 0 bridgehead atoms. The fourth-order valence-corrected chi connectivity index (χ4v) is 4.46. The van der Waals surface area contributed by atoms with Crippen molar-refractivity contribution >= 4 is 22.5 Å². The lowest BCUT2D eigenvalue weighted by Crippen LogP contribution is -2.41. The van der Waals surface area contributed by atoms with Crippen LogP contribution in [0, 0.1) is 5.92 Å². The number of aromatic nitrogens is 1. The fraction of sp³-hybridized carbons (Fsp3) is 0.526. The molecule has 2 aliphatic rings. The van der Waals surface area contributed by atoms with Gasteiger partial charge in [-0.3, -0.25) is 15.8 Å². The number of likely N-dealkylation sites (N-methyl/N-ethyl adjacent to an activating group) is 1. The SMILES string of the molecule is CN(Cc1ccc2cccc(Cl)c2n1)CC1NNC2CCCCC21. The molecule has 2 fully saturated rings. The Hall–Kier alpha value is -1.20. The molecular formula is C19H25ClN4. The van der Waals surface area contributed by atoms with Crippen LogP contribution in [-0.4, -0.2) is 35.6 Å². The van der Waals surface area contributed by atoms with E-state index in [1.165, 1.54) is 25.7 Å². The van der Waals surface area contributed by atoms with Gasteiger partial charge in [-0.05, 0) is 37.9 Å². The van der Waals surface area contributed by atoms with Gasteiger partial charge in [0.15, 0.2) is 0 Å². The Morgan fingerprint density at radius 3 is 2.96 bits per heavy atom. The second-order valence-corrected chi connectivity index (χ2v) is 7.67. The van der Waals surface area contributed by atoms with Crippen molar-refractivity contribution in [3.05, 3.63) is 41.0 Å². The van der Waals surface area contributed by atoms with Gasteiger partial charge in [-0.2, -0.15) is 0 Å². The first-order valence-electron chi connectivity index (χ1n) is 8.94. The number of halogens is 1. The zero-order chi connectivity index (χ0) is 16.5. The van der Waals surface area contributed by atoms with E-state index < -0.39 is 0 Å². The molecule has 3 unspecified atom stereocenters. The normalized spacial score (nSPS) is 26.9. The number of fused-ring (bicyclic) bond motifs is 2. The van der Waals surface area contributed by atoms with Gasteiger partial charge < -0.3 is 0 Å². The minimum atomic E-state index is 0.532. The maximum Gasteiger partial charge on any atom is 0.0891 e. The van der Waals surface area contributed by atoms with E-state index in [1.807, 2.05) is 12.1 Å². The molecule has 3 atom stereocenters. The minimum Gasteiger partial charge on any atom is -0.299 e. The average Bonchev–Trinajstić information content (AvgIpc) is 2.99. The van der Waals surface area contributed by atoms with Crippen molar-refractivity contribution < 1.29 is 0 Å². The molecule has 2 heterocycles. The van der Waals surface area contributed by atoms with E-state index in [9.17, 15) is 0 Å². The summed E-state index contributed by atoms with van der Waals surface area (Å²) in [4.78, 5) is 7.12. The van der Waals surface area contributed by atoms with E-state index in [0.29, 0.717) is 12.1 Å². The summed E-state index contributed by atoms with van der Waals surface area (Å²) in [7, 11) is 2.18. The van der Waals surface area contributed by atoms with Gasteiger partial charge in [0.25, 0.3) is 0 Å². The van der Waals surface area contributed by atoms with Gasteiger partial charge in [0.2, 0.25) is 0 Å². The lowest BCUT2D eigenvalue weighted by atomic mass is 9.81. The zero-order valence-electron chi connectivity index (χ0n) is 14.1. The van der Waals surface area contributed by atoms with Crippen molar-refractivity contribution in [3.63, 3.8) is 0 Å². The molecule has 1 aromatic heterocycles. The van der Waals surface area contributed by atoms with Gasteiger partial charge in [-0.15, -0.1) is 0 Å². The number of pyridine rings is 1. The first-order valence-corrected chi connectivity index (χ1v) is 9.32. The standard InChI is InChI=1S/C19H25ClN4/c1-24(12-18-15-6-2-3-8-17(15)22-23-18)11-14-10-9-13-5-4-7-16(20)19(13)21-14/h4-5,7,9-10,15,17-18,22-23H,2-3,6,8,11-12H2,1H3. The number of rotatable bonds is 4. The lowest BCUT2D eigenvalue weighted by molar-refractivity contribution is 0.236. The fourth-order valence-electron chi connectivity index (χ4n) is 4.24. The van der Waals surface area contributed by atoms with Gasteiger partial charge in [0.05, 0.1) is 16.2 Å². The number of hydrogen-bond acceptors (Lipinski definition) is 4. The summed E-state index contributed by atoms with van der Waals surface area (Å²) in [6, 6.07) is 11.3. The van der Waals surface area contributed by atoms with E-state index >= 15 is 0 Å². The van der Waals surface area contributed by atoms with Crippen LogP contribution in [0.2, 0.25) is 5.02 Å². The molecule has 24 heavy (non-hydrogen) atoms. The van der Waals surface area contributed by atoms with Crippen LogP contribution in [0.25, 0.3) is 10.9 Å². The summed E-state index contributed by atoms with van der Waals surface area (Å²) in [5.74, 6) is 0.764.